The summed E-state index contributed by atoms with van der Waals surface area (Å²) in [6.07, 6.45) is 11.1. The van der Waals surface area contributed by atoms with E-state index in [1.807, 2.05) is 0 Å². The van der Waals surface area contributed by atoms with E-state index in [1.54, 1.807) is 0 Å². The highest BCUT2D eigenvalue weighted by Gasteiger charge is 2.36. The van der Waals surface area contributed by atoms with Crippen molar-refractivity contribution in [2.45, 2.75) is 77.9 Å². The van der Waals surface area contributed by atoms with E-state index in [0.717, 1.165) is 11.8 Å². The van der Waals surface area contributed by atoms with E-state index >= 15 is 0 Å². The van der Waals surface area contributed by atoms with Crippen molar-refractivity contribution < 1.29 is 4.74 Å². The molecule has 2 bridgehead atoms. The lowest BCUT2D eigenvalue weighted by atomic mass is 9.91. The van der Waals surface area contributed by atoms with Crippen molar-refractivity contribution in [3.63, 3.8) is 0 Å². The van der Waals surface area contributed by atoms with Gasteiger partial charge in [0.15, 0.2) is 0 Å². The van der Waals surface area contributed by atoms with Gasteiger partial charge in [0.25, 0.3) is 0 Å². The molecular weight excluding hydrogens is 196 g/mol. The molecule has 4 atom stereocenters. The van der Waals surface area contributed by atoms with E-state index in [9.17, 15) is 0 Å². The molecule has 0 heterocycles. The maximum absolute atomic E-state index is 6.30. The van der Waals surface area contributed by atoms with Crippen LogP contribution in [0, 0.1) is 17.8 Å². The predicted molar refractivity (Wildman–Crippen MR) is 68.5 cm³/mol. The molecule has 0 aromatic carbocycles. The Morgan fingerprint density at radius 3 is 2.44 bits per heavy atom. The molecule has 1 heteroatoms. The van der Waals surface area contributed by atoms with Crippen LogP contribution in [-0.2, 0) is 4.74 Å². The first-order valence-electron chi connectivity index (χ1n) is 7.32. The molecule has 0 amide bonds. The van der Waals surface area contributed by atoms with Crippen molar-refractivity contribution >= 4 is 0 Å². The summed E-state index contributed by atoms with van der Waals surface area (Å²) in [5, 5.41) is 0. The van der Waals surface area contributed by atoms with E-state index in [1.165, 1.54) is 44.9 Å². The normalized spacial score (nSPS) is 37.1. The molecule has 0 aliphatic heterocycles. The second-order valence-electron chi connectivity index (χ2n) is 6.36. The van der Waals surface area contributed by atoms with E-state index in [2.05, 4.69) is 20.8 Å². The summed E-state index contributed by atoms with van der Waals surface area (Å²) in [6, 6.07) is 0. The Morgan fingerprint density at radius 1 is 0.938 bits per heavy atom. The van der Waals surface area contributed by atoms with Gasteiger partial charge in [0.2, 0.25) is 0 Å². The minimum Gasteiger partial charge on any atom is -0.375 e. The number of ether oxygens (including phenoxy) is 1. The van der Waals surface area contributed by atoms with Crippen LogP contribution in [0.15, 0.2) is 0 Å². The van der Waals surface area contributed by atoms with Crippen molar-refractivity contribution in [1.29, 1.82) is 0 Å². The fourth-order valence-corrected chi connectivity index (χ4v) is 3.35. The number of fused-ring (bicyclic) bond motifs is 2. The summed E-state index contributed by atoms with van der Waals surface area (Å²) < 4.78 is 6.30. The topological polar surface area (TPSA) is 9.23 Å². The molecule has 0 aromatic heterocycles. The molecule has 2 aliphatic rings. The molecule has 4 unspecified atom stereocenters. The fourth-order valence-electron chi connectivity index (χ4n) is 3.35. The van der Waals surface area contributed by atoms with Gasteiger partial charge >= 0.3 is 0 Å². The Hall–Kier alpha value is -0.0400. The number of hydrogen-bond donors (Lipinski definition) is 0. The van der Waals surface area contributed by atoms with Crippen LogP contribution in [0.25, 0.3) is 0 Å². The standard InChI is InChI=1S/C15H28O/c1-11(2)12(3)16-15-10-13-7-5-4-6-8-14(15)9-13/h11-15H,4-10H2,1-3H3. The maximum atomic E-state index is 6.30. The average molecular weight is 224 g/mol. The van der Waals surface area contributed by atoms with Crippen LogP contribution >= 0.6 is 0 Å². The lowest BCUT2D eigenvalue weighted by molar-refractivity contribution is -0.0448. The Balaban J connectivity index is 1.89. The van der Waals surface area contributed by atoms with E-state index in [4.69, 9.17) is 4.74 Å². The number of rotatable bonds is 3. The first-order valence-corrected chi connectivity index (χ1v) is 7.32. The van der Waals surface area contributed by atoms with Crippen LogP contribution in [0.3, 0.4) is 0 Å². The van der Waals surface area contributed by atoms with Gasteiger partial charge in [-0.05, 0) is 43.9 Å². The Bertz CT molecular complexity index is 211. The van der Waals surface area contributed by atoms with Gasteiger partial charge in [-0.15, -0.1) is 0 Å². The molecule has 0 spiro atoms. The van der Waals surface area contributed by atoms with E-state index < -0.39 is 0 Å². The van der Waals surface area contributed by atoms with Gasteiger partial charge in [0.05, 0.1) is 12.2 Å². The second kappa shape index (κ2) is 5.53. The molecular formula is C15H28O. The van der Waals surface area contributed by atoms with Crippen molar-refractivity contribution in [2.75, 3.05) is 0 Å². The van der Waals surface area contributed by atoms with Gasteiger partial charge in [-0.1, -0.05) is 39.5 Å². The molecule has 0 N–H and O–H groups in total. The highest BCUT2D eigenvalue weighted by molar-refractivity contribution is 4.86. The quantitative estimate of drug-likeness (QED) is 0.690. The average Bonchev–Trinajstić information content (AvgIpc) is 2.59. The van der Waals surface area contributed by atoms with Crippen molar-refractivity contribution in [2.24, 2.45) is 17.8 Å². The van der Waals surface area contributed by atoms with Gasteiger partial charge < -0.3 is 4.74 Å². The third kappa shape index (κ3) is 3.00. The SMILES string of the molecule is CC(C)C(C)OC1CC2CCCCCC1C2. The molecule has 0 saturated heterocycles. The van der Waals surface area contributed by atoms with Gasteiger partial charge in [-0.3, -0.25) is 0 Å². The predicted octanol–water partition coefficient (Wildman–Crippen LogP) is 4.41. The molecule has 94 valence electrons. The Labute approximate surface area is 101 Å². The summed E-state index contributed by atoms with van der Waals surface area (Å²) in [4.78, 5) is 0. The third-order valence-corrected chi connectivity index (χ3v) is 4.74. The zero-order valence-corrected chi connectivity index (χ0v) is 11.2. The molecule has 2 aliphatic carbocycles. The van der Waals surface area contributed by atoms with Crippen LogP contribution in [0.4, 0.5) is 0 Å². The molecule has 2 rings (SSSR count). The monoisotopic (exact) mass is 224 g/mol. The van der Waals surface area contributed by atoms with Gasteiger partial charge in [-0.25, -0.2) is 0 Å². The minimum absolute atomic E-state index is 0.437. The fraction of sp³-hybridized carbons (Fsp3) is 1.00. The third-order valence-electron chi connectivity index (χ3n) is 4.74. The smallest absolute Gasteiger partial charge is 0.0609 e. The highest BCUT2D eigenvalue weighted by atomic mass is 16.5. The summed E-state index contributed by atoms with van der Waals surface area (Å²) >= 11 is 0. The molecule has 0 aromatic rings. The lowest BCUT2D eigenvalue weighted by Crippen LogP contribution is -2.26. The van der Waals surface area contributed by atoms with Gasteiger partial charge in [0, 0.05) is 0 Å². The van der Waals surface area contributed by atoms with Gasteiger partial charge in [0.1, 0.15) is 0 Å². The first kappa shape index (κ1) is 12.4. The van der Waals surface area contributed by atoms with Crippen molar-refractivity contribution in [1.82, 2.24) is 0 Å². The summed E-state index contributed by atoms with van der Waals surface area (Å²) in [7, 11) is 0. The second-order valence-corrected chi connectivity index (χ2v) is 6.36. The Morgan fingerprint density at radius 2 is 1.69 bits per heavy atom. The largest absolute Gasteiger partial charge is 0.375 e. The maximum Gasteiger partial charge on any atom is 0.0609 e. The van der Waals surface area contributed by atoms with Crippen molar-refractivity contribution in [3.05, 3.63) is 0 Å². The van der Waals surface area contributed by atoms with Crippen LogP contribution in [0.5, 0.6) is 0 Å². The summed E-state index contributed by atoms with van der Waals surface area (Å²) in [6.45, 7) is 6.78. The zero-order chi connectivity index (χ0) is 11.5. The summed E-state index contributed by atoms with van der Waals surface area (Å²) in [5.41, 5.74) is 0. The molecule has 16 heavy (non-hydrogen) atoms. The lowest BCUT2D eigenvalue weighted by Gasteiger charge is -2.26. The van der Waals surface area contributed by atoms with Crippen LogP contribution < -0.4 is 0 Å². The first-order chi connectivity index (χ1) is 7.66. The van der Waals surface area contributed by atoms with Crippen molar-refractivity contribution in [3.8, 4) is 0 Å². The van der Waals surface area contributed by atoms with Crippen LogP contribution in [0.2, 0.25) is 0 Å². The highest BCUT2D eigenvalue weighted by Crippen LogP contribution is 2.41. The molecule has 1 nitrogen and oxygen atoms in total. The molecule has 2 saturated carbocycles. The van der Waals surface area contributed by atoms with E-state index in [0.29, 0.717) is 18.1 Å². The molecule has 0 radical (unpaired) electrons. The minimum atomic E-state index is 0.437. The van der Waals surface area contributed by atoms with Crippen LogP contribution in [-0.4, -0.2) is 12.2 Å². The molecule has 2 fully saturated rings. The van der Waals surface area contributed by atoms with E-state index in [-0.39, 0.29) is 0 Å². The number of hydrogen-bond acceptors (Lipinski definition) is 1. The summed E-state index contributed by atoms with van der Waals surface area (Å²) in [5.74, 6) is 2.52. The van der Waals surface area contributed by atoms with Crippen LogP contribution in [0.1, 0.15) is 65.7 Å². The zero-order valence-electron chi connectivity index (χ0n) is 11.2. The Kier molecular flexibility index (Phi) is 4.29. The van der Waals surface area contributed by atoms with Gasteiger partial charge in [-0.2, -0.15) is 0 Å².